The van der Waals surface area contributed by atoms with Crippen LogP contribution < -0.4 is 4.74 Å². The van der Waals surface area contributed by atoms with E-state index in [-0.39, 0.29) is 5.97 Å². The van der Waals surface area contributed by atoms with Crippen LogP contribution in [0.3, 0.4) is 0 Å². The van der Waals surface area contributed by atoms with Crippen LogP contribution in [-0.2, 0) is 9.53 Å². The number of carbonyl (C=O) groups is 1. The van der Waals surface area contributed by atoms with Crippen molar-refractivity contribution >= 4 is 5.97 Å². The normalized spacial score (nSPS) is 10.5. The highest BCUT2D eigenvalue weighted by Crippen LogP contribution is 2.25. The highest BCUT2D eigenvalue weighted by molar-refractivity contribution is 5.73. The molecule has 1 rings (SSSR count). The fraction of sp³-hybridized carbons (Fsp3) is 0.562. The van der Waals surface area contributed by atoms with Gasteiger partial charge in [-0.05, 0) is 44.7 Å². The topological polar surface area (TPSA) is 35.5 Å². The number of carbonyl (C=O) groups excluding carboxylic acids is 1. The molecule has 0 saturated heterocycles. The van der Waals surface area contributed by atoms with E-state index in [4.69, 9.17) is 9.47 Å². The maximum absolute atomic E-state index is 11.8. The van der Waals surface area contributed by atoms with E-state index in [1.165, 1.54) is 5.56 Å². The molecule has 0 amide bonds. The molecule has 19 heavy (non-hydrogen) atoms. The van der Waals surface area contributed by atoms with Crippen molar-refractivity contribution in [1.82, 2.24) is 0 Å². The zero-order chi connectivity index (χ0) is 14.3. The Hall–Kier alpha value is -1.35. The van der Waals surface area contributed by atoms with Crippen molar-refractivity contribution in [3.8, 4) is 5.75 Å². The number of esters is 1. The fourth-order valence-electron chi connectivity index (χ4n) is 2.19. The monoisotopic (exact) mass is 264 g/mol. The summed E-state index contributed by atoms with van der Waals surface area (Å²) in [5.41, 5.74) is 3.23. The lowest BCUT2D eigenvalue weighted by Crippen LogP contribution is -2.09. The summed E-state index contributed by atoms with van der Waals surface area (Å²) in [6.45, 7) is 6.75. The van der Waals surface area contributed by atoms with E-state index in [0.717, 1.165) is 37.0 Å². The van der Waals surface area contributed by atoms with Gasteiger partial charge in [-0.25, -0.2) is 0 Å². The van der Waals surface area contributed by atoms with Crippen molar-refractivity contribution in [2.45, 2.75) is 46.5 Å². The first-order valence-corrected chi connectivity index (χ1v) is 6.82. The molecule has 0 aromatic heterocycles. The average Bonchev–Trinajstić information content (AvgIpc) is 2.33. The molecule has 0 aliphatic heterocycles. The summed E-state index contributed by atoms with van der Waals surface area (Å²) < 4.78 is 10.4. The molecule has 0 fully saturated rings. The van der Waals surface area contributed by atoms with Gasteiger partial charge in [0.2, 0.25) is 0 Å². The van der Waals surface area contributed by atoms with Gasteiger partial charge in [0.25, 0.3) is 0 Å². The van der Waals surface area contributed by atoms with Crippen molar-refractivity contribution in [3.05, 3.63) is 28.8 Å². The maximum Gasteiger partial charge on any atom is 0.311 e. The second-order valence-corrected chi connectivity index (χ2v) is 5.01. The molecular formula is C16H24O3. The molecule has 1 aromatic rings. The molecule has 0 radical (unpaired) electrons. The minimum absolute atomic E-state index is 0.146. The van der Waals surface area contributed by atoms with E-state index in [1.54, 1.807) is 7.11 Å². The summed E-state index contributed by atoms with van der Waals surface area (Å²) in [4.78, 5) is 11.8. The summed E-state index contributed by atoms with van der Waals surface area (Å²) in [5.74, 6) is 0.569. The third-order valence-electron chi connectivity index (χ3n) is 3.05. The van der Waals surface area contributed by atoms with Gasteiger partial charge in [-0.3, -0.25) is 4.79 Å². The third kappa shape index (κ3) is 5.43. The molecule has 3 nitrogen and oxygen atoms in total. The Labute approximate surface area is 115 Å². The van der Waals surface area contributed by atoms with Crippen LogP contribution in [0.2, 0.25) is 0 Å². The van der Waals surface area contributed by atoms with E-state index in [0.29, 0.717) is 12.2 Å². The van der Waals surface area contributed by atoms with Crippen molar-refractivity contribution in [1.29, 1.82) is 0 Å². The summed E-state index contributed by atoms with van der Waals surface area (Å²) >= 11 is 0. The highest BCUT2D eigenvalue weighted by Gasteiger charge is 2.10. The molecule has 0 saturated carbocycles. The number of unbranched alkanes of at least 4 members (excludes halogenated alkanes) is 2. The maximum atomic E-state index is 11.8. The van der Waals surface area contributed by atoms with E-state index in [2.05, 4.69) is 0 Å². The number of hydrogen-bond donors (Lipinski definition) is 0. The Morgan fingerprint density at radius 2 is 1.68 bits per heavy atom. The van der Waals surface area contributed by atoms with Crippen LogP contribution in [0.1, 0.15) is 42.4 Å². The summed E-state index contributed by atoms with van der Waals surface area (Å²) in [6, 6.07) is 4.07. The van der Waals surface area contributed by atoms with Crippen molar-refractivity contribution in [2.75, 3.05) is 13.7 Å². The predicted octanol–water partition coefficient (Wildman–Crippen LogP) is 3.72. The molecule has 0 aliphatic rings. The van der Waals surface area contributed by atoms with E-state index in [9.17, 15) is 4.79 Å². The first kappa shape index (κ1) is 15.7. The highest BCUT2D eigenvalue weighted by atomic mass is 16.5. The Morgan fingerprint density at radius 1 is 1.05 bits per heavy atom. The molecule has 0 unspecified atom stereocenters. The van der Waals surface area contributed by atoms with Gasteiger partial charge < -0.3 is 9.47 Å². The van der Waals surface area contributed by atoms with Crippen LogP contribution >= 0.6 is 0 Å². The minimum atomic E-state index is -0.146. The molecule has 0 bridgehead atoms. The first-order chi connectivity index (χ1) is 9.04. The predicted molar refractivity (Wildman–Crippen MR) is 76.6 cm³/mol. The van der Waals surface area contributed by atoms with Crippen molar-refractivity contribution < 1.29 is 14.3 Å². The standard InChI is InChI=1S/C16H24O3/c1-12-10-13(2)16(14(3)11-12)19-15(17)8-6-5-7-9-18-4/h10-11H,5-9H2,1-4H3. The van der Waals surface area contributed by atoms with Crippen LogP contribution in [0.5, 0.6) is 5.75 Å². The molecule has 106 valence electrons. The third-order valence-corrected chi connectivity index (χ3v) is 3.05. The minimum Gasteiger partial charge on any atom is -0.426 e. The lowest BCUT2D eigenvalue weighted by atomic mass is 10.1. The molecule has 0 N–H and O–H groups in total. The first-order valence-electron chi connectivity index (χ1n) is 6.82. The second-order valence-electron chi connectivity index (χ2n) is 5.01. The van der Waals surface area contributed by atoms with E-state index >= 15 is 0 Å². The van der Waals surface area contributed by atoms with Crippen molar-refractivity contribution in [3.63, 3.8) is 0 Å². The molecule has 0 aliphatic carbocycles. The van der Waals surface area contributed by atoms with Gasteiger partial charge >= 0.3 is 5.97 Å². The van der Waals surface area contributed by atoms with Crippen LogP contribution in [0.25, 0.3) is 0 Å². The lowest BCUT2D eigenvalue weighted by Gasteiger charge is -2.11. The van der Waals surface area contributed by atoms with Crippen LogP contribution in [0.4, 0.5) is 0 Å². The Bertz CT molecular complexity index is 401. The molecular weight excluding hydrogens is 240 g/mol. The average molecular weight is 264 g/mol. The van der Waals surface area contributed by atoms with Gasteiger partial charge in [0.15, 0.2) is 0 Å². The number of rotatable bonds is 7. The molecule has 1 aromatic carbocycles. The summed E-state index contributed by atoms with van der Waals surface area (Å²) in [6.07, 6.45) is 3.31. The fourth-order valence-corrected chi connectivity index (χ4v) is 2.19. The van der Waals surface area contributed by atoms with Gasteiger partial charge in [-0.2, -0.15) is 0 Å². The number of ether oxygens (including phenoxy) is 2. The largest absolute Gasteiger partial charge is 0.426 e. The number of benzene rings is 1. The van der Waals surface area contributed by atoms with Gasteiger partial charge in [-0.1, -0.05) is 24.1 Å². The zero-order valence-electron chi connectivity index (χ0n) is 12.4. The Kier molecular flexibility index (Phi) is 6.57. The number of aryl methyl sites for hydroxylation is 3. The smallest absolute Gasteiger partial charge is 0.311 e. The summed E-state index contributed by atoms with van der Waals surface area (Å²) in [7, 11) is 1.69. The van der Waals surface area contributed by atoms with Gasteiger partial charge in [0.05, 0.1) is 0 Å². The van der Waals surface area contributed by atoms with Crippen LogP contribution in [-0.4, -0.2) is 19.7 Å². The van der Waals surface area contributed by atoms with E-state index in [1.807, 2.05) is 32.9 Å². The molecule has 0 heterocycles. The quantitative estimate of drug-likeness (QED) is 0.428. The van der Waals surface area contributed by atoms with E-state index < -0.39 is 0 Å². The molecule has 3 heteroatoms. The lowest BCUT2D eigenvalue weighted by molar-refractivity contribution is -0.134. The Balaban J connectivity index is 2.44. The second kappa shape index (κ2) is 7.95. The zero-order valence-corrected chi connectivity index (χ0v) is 12.4. The van der Waals surface area contributed by atoms with Gasteiger partial charge in [0.1, 0.15) is 5.75 Å². The van der Waals surface area contributed by atoms with Crippen LogP contribution in [0, 0.1) is 20.8 Å². The molecule has 0 spiro atoms. The number of hydrogen-bond acceptors (Lipinski definition) is 3. The number of methoxy groups -OCH3 is 1. The van der Waals surface area contributed by atoms with Crippen LogP contribution in [0.15, 0.2) is 12.1 Å². The molecule has 0 atom stereocenters. The van der Waals surface area contributed by atoms with Crippen molar-refractivity contribution in [2.24, 2.45) is 0 Å². The Morgan fingerprint density at radius 3 is 2.26 bits per heavy atom. The van der Waals surface area contributed by atoms with Gasteiger partial charge in [-0.15, -0.1) is 0 Å². The van der Waals surface area contributed by atoms with Gasteiger partial charge in [0, 0.05) is 20.1 Å². The summed E-state index contributed by atoms with van der Waals surface area (Å²) in [5, 5.41) is 0. The SMILES string of the molecule is COCCCCCC(=O)Oc1c(C)cc(C)cc1C.